The van der Waals surface area contributed by atoms with Gasteiger partial charge in [-0.15, -0.1) is 11.3 Å². The average Bonchev–Trinajstić information content (AvgIpc) is 3.27. The van der Waals surface area contributed by atoms with Crippen molar-refractivity contribution < 1.29 is 17.6 Å². The first kappa shape index (κ1) is 18.0. The first-order valence-electron chi connectivity index (χ1n) is 8.06. The average molecular weight is 382 g/mol. The van der Waals surface area contributed by atoms with E-state index in [0.29, 0.717) is 32.4 Å². The molecular formula is C17H19FN2O3S2. The first-order chi connectivity index (χ1) is 12.0. The molecule has 2 heterocycles. The molecule has 1 fully saturated rings. The maximum atomic E-state index is 13.2. The van der Waals surface area contributed by atoms with Crippen LogP contribution < -0.4 is 5.32 Å². The molecule has 1 aromatic carbocycles. The van der Waals surface area contributed by atoms with E-state index in [4.69, 9.17) is 0 Å². The number of thiophene rings is 1. The zero-order valence-electron chi connectivity index (χ0n) is 13.5. The van der Waals surface area contributed by atoms with Crippen molar-refractivity contribution in [2.45, 2.75) is 29.5 Å². The van der Waals surface area contributed by atoms with E-state index < -0.39 is 16.1 Å². The van der Waals surface area contributed by atoms with Crippen LogP contribution in [0.5, 0.6) is 0 Å². The molecule has 1 aliphatic rings. The molecule has 0 saturated carbocycles. The highest BCUT2D eigenvalue weighted by atomic mass is 32.2. The lowest BCUT2D eigenvalue weighted by Gasteiger charge is -2.22. The number of rotatable bonds is 6. The second-order valence-electron chi connectivity index (χ2n) is 5.88. The van der Waals surface area contributed by atoms with Crippen molar-refractivity contribution in [1.82, 2.24) is 9.62 Å². The van der Waals surface area contributed by atoms with E-state index >= 15 is 0 Å². The normalized spacial score (nSPS) is 18.4. The molecular weight excluding hydrogens is 363 g/mol. The summed E-state index contributed by atoms with van der Waals surface area (Å²) in [6.45, 7) is 0.688. The van der Waals surface area contributed by atoms with Crippen LogP contribution in [0, 0.1) is 5.82 Å². The van der Waals surface area contributed by atoms with Crippen molar-refractivity contribution in [2.75, 3.05) is 13.1 Å². The van der Waals surface area contributed by atoms with Gasteiger partial charge in [0.15, 0.2) is 0 Å². The van der Waals surface area contributed by atoms with Gasteiger partial charge < -0.3 is 5.32 Å². The third-order valence-corrected chi connectivity index (χ3v) is 7.45. The summed E-state index contributed by atoms with van der Waals surface area (Å²) >= 11 is 1.15. The number of amides is 1. The van der Waals surface area contributed by atoms with Gasteiger partial charge in [0.1, 0.15) is 16.1 Å². The largest absolute Gasteiger partial charge is 0.354 e. The number of nitrogens with one attached hydrogen (secondary N) is 1. The van der Waals surface area contributed by atoms with E-state index in [-0.39, 0.29) is 15.9 Å². The Morgan fingerprint density at radius 3 is 2.88 bits per heavy atom. The molecule has 134 valence electrons. The molecule has 1 aromatic heterocycles. The highest BCUT2D eigenvalue weighted by Crippen LogP contribution is 2.28. The molecule has 1 N–H and O–H groups in total. The van der Waals surface area contributed by atoms with Gasteiger partial charge in [-0.25, -0.2) is 12.8 Å². The van der Waals surface area contributed by atoms with Crippen LogP contribution in [0.2, 0.25) is 0 Å². The van der Waals surface area contributed by atoms with Gasteiger partial charge in [-0.05, 0) is 48.4 Å². The Hall–Kier alpha value is -1.77. The molecule has 0 spiro atoms. The van der Waals surface area contributed by atoms with Gasteiger partial charge in [-0.1, -0.05) is 18.2 Å². The first-order valence-corrected chi connectivity index (χ1v) is 10.4. The second-order valence-corrected chi connectivity index (χ2v) is 8.94. The molecule has 1 aliphatic heterocycles. The molecule has 5 nitrogen and oxygen atoms in total. The molecule has 0 radical (unpaired) electrons. The van der Waals surface area contributed by atoms with Gasteiger partial charge in [0, 0.05) is 13.1 Å². The molecule has 25 heavy (non-hydrogen) atoms. The van der Waals surface area contributed by atoms with Crippen LogP contribution in [-0.2, 0) is 21.2 Å². The predicted octanol–water partition coefficient (Wildman–Crippen LogP) is 2.40. The lowest BCUT2D eigenvalue weighted by Crippen LogP contribution is -2.46. The number of nitrogens with zero attached hydrogens (tertiary/aromatic N) is 1. The summed E-state index contributed by atoms with van der Waals surface area (Å²) in [4.78, 5) is 12.4. The Kier molecular flexibility index (Phi) is 5.51. The third-order valence-electron chi connectivity index (χ3n) is 4.17. The summed E-state index contributed by atoms with van der Waals surface area (Å²) in [5, 5.41) is 4.48. The Labute approximate surface area is 150 Å². The highest BCUT2D eigenvalue weighted by molar-refractivity contribution is 7.91. The molecule has 2 aromatic rings. The van der Waals surface area contributed by atoms with Crippen LogP contribution in [0.25, 0.3) is 0 Å². The van der Waals surface area contributed by atoms with Crippen LogP contribution in [0.3, 0.4) is 0 Å². The minimum Gasteiger partial charge on any atom is -0.354 e. The fourth-order valence-electron chi connectivity index (χ4n) is 2.96. The number of carbonyl (C=O) groups excluding carboxylic acids is 1. The van der Waals surface area contributed by atoms with E-state index in [2.05, 4.69) is 5.32 Å². The summed E-state index contributed by atoms with van der Waals surface area (Å²) in [7, 11) is -3.63. The number of halogens is 1. The van der Waals surface area contributed by atoms with Gasteiger partial charge in [0.2, 0.25) is 5.91 Å². The molecule has 8 heteroatoms. The van der Waals surface area contributed by atoms with E-state index in [0.717, 1.165) is 16.9 Å². The van der Waals surface area contributed by atoms with E-state index in [9.17, 15) is 17.6 Å². The molecule has 1 atom stereocenters. The van der Waals surface area contributed by atoms with E-state index in [1.807, 2.05) is 0 Å². The van der Waals surface area contributed by atoms with Crippen LogP contribution in [-0.4, -0.2) is 37.8 Å². The van der Waals surface area contributed by atoms with Crippen LogP contribution in [0.4, 0.5) is 4.39 Å². The smallest absolute Gasteiger partial charge is 0.253 e. The van der Waals surface area contributed by atoms with Gasteiger partial charge in [0.05, 0.1) is 0 Å². The molecule has 0 aliphatic carbocycles. The molecule has 1 saturated heterocycles. The maximum Gasteiger partial charge on any atom is 0.253 e. The number of hydrogen-bond donors (Lipinski definition) is 1. The Bertz CT molecular complexity index is 837. The maximum absolute atomic E-state index is 13.2. The van der Waals surface area contributed by atoms with Crippen LogP contribution in [0.15, 0.2) is 46.0 Å². The van der Waals surface area contributed by atoms with Gasteiger partial charge in [-0.2, -0.15) is 4.31 Å². The third kappa shape index (κ3) is 4.08. The molecule has 1 amide bonds. The zero-order chi connectivity index (χ0) is 17.9. The van der Waals surface area contributed by atoms with Crippen molar-refractivity contribution in [3.8, 4) is 0 Å². The zero-order valence-corrected chi connectivity index (χ0v) is 15.2. The van der Waals surface area contributed by atoms with Gasteiger partial charge in [-0.3, -0.25) is 4.79 Å². The number of hydrogen-bond acceptors (Lipinski definition) is 4. The molecule has 0 bridgehead atoms. The number of benzene rings is 1. The molecule has 1 unspecified atom stereocenters. The minimum absolute atomic E-state index is 0.256. The fourth-order valence-corrected chi connectivity index (χ4v) is 5.73. The summed E-state index contributed by atoms with van der Waals surface area (Å²) < 4.78 is 40.0. The van der Waals surface area contributed by atoms with Gasteiger partial charge in [0.25, 0.3) is 10.0 Å². The highest BCUT2D eigenvalue weighted by Gasteiger charge is 2.39. The van der Waals surface area contributed by atoms with E-state index in [1.54, 1.807) is 29.6 Å². The summed E-state index contributed by atoms with van der Waals surface area (Å²) in [5.41, 5.74) is 0.787. The van der Waals surface area contributed by atoms with Gasteiger partial charge >= 0.3 is 0 Å². The van der Waals surface area contributed by atoms with Crippen molar-refractivity contribution in [3.05, 3.63) is 53.2 Å². The SMILES string of the molecule is O=C(NCCc1cccc(F)c1)C1CCCN1S(=O)(=O)c1cccs1. The Balaban J connectivity index is 1.61. The van der Waals surface area contributed by atoms with Crippen LogP contribution in [0.1, 0.15) is 18.4 Å². The van der Waals surface area contributed by atoms with Crippen LogP contribution >= 0.6 is 11.3 Å². The standard InChI is InChI=1S/C17H19FN2O3S2/c18-14-5-1-4-13(12-14)8-9-19-17(21)15-6-2-10-20(15)25(22,23)16-7-3-11-24-16/h1,3-5,7,11-12,15H,2,6,8-10H2,(H,19,21). The minimum atomic E-state index is -3.63. The van der Waals surface area contributed by atoms with Crippen molar-refractivity contribution in [2.24, 2.45) is 0 Å². The van der Waals surface area contributed by atoms with E-state index in [1.165, 1.54) is 16.4 Å². The number of carbonyl (C=O) groups is 1. The van der Waals surface area contributed by atoms with Crippen molar-refractivity contribution >= 4 is 27.3 Å². The van der Waals surface area contributed by atoms with Crippen molar-refractivity contribution in [3.63, 3.8) is 0 Å². The summed E-state index contributed by atoms with van der Waals surface area (Å²) in [6, 6.07) is 8.76. The lowest BCUT2D eigenvalue weighted by atomic mass is 10.1. The monoisotopic (exact) mass is 382 g/mol. The van der Waals surface area contributed by atoms with Crippen molar-refractivity contribution in [1.29, 1.82) is 0 Å². The summed E-state index contributed by atoms with van der Waals surface area (Å²) in [5.74, 6) is -0.609. The second kappa shape index (κ2) is 7.63. The fraction of sp³-hybridized carbons (Fsp3) is 0.353. The topological polar surface area (TPSA) is 66.5 Å². The molecule has 3 rings (SSSR count). The quantitative estimate of drug-likeness (QED) is 0.834. The predicted molar refractivity (Wildman–Crippen MR) is 94.3 cm³/mol. The number of sulfonamides is 1. The summed E-state index contributed by atoms with van der Waals surface area (Å²) in [6.07, 6.45) is 1.66. The Morgan fingerprint density at radius 2 is 2.16 bits per heavy atom. The lowest BCUT2D eigenvalue weighted by molar-refractivity contribution is -0.124. The Morgan fingerprint density at radius 1 is 1.32 bits per heavy atom.